The molecule has 1 aromatic heterocycles. The van der Waals surface area contributed by atoms with Gasteiger partial charge in [-0.15, -0.1) is 11.3 Å². The average Bonchev–Trinajstić information content (AvgIpc) is 3.02. The summed E-state index contributed by atoms with van der Waals surface area (Å²) in [6.07, 6.45) is 2.94. The fourth-order valence-electron chi connectivity index (χ4n) is 2.67. The quantitative estimate of drug-likeness (QED) is 0.395. The molecule has 1 amide bonds. The lowest BCUT2D eigenvalue weighted by molar-refractivity contribution is -0.111. The number of ether oxygens (including phenoxy) is 3. The molecule has 0 aliphatic carbocycles. The van der Waals surface area contributed by atoms with Gasteiger partial charge in [0.15, 0.2) is 17.3 Å². The van der Waals surface area contributed by atoms with E-state index in [1.165, 1.54) is 20.1 Å². The van der Waals surface area contributed by atoms with Gasteiger partial charge in [0.1, 0.15) is 5.00 Å². The highest BCUT2D eigenvalue weighted by atomic mass is 32.1. The normalized spacial score (nSPS) is 10.7. The number of rotatable bonds is 8. The first kappa shape index (κ1) is 22.2. The molecule has 8 heteroatoms. The molecule has 0 aliphatic rings. The zero-order chi connectivity index (χ0) is 21.6. The highest BCUT2D eigenvalue weighted by molar-refractivity contribution is 7.18. The molecule has 2 aromatic rings. The van der Waals surface area contributed by atoms with Gasteiger partial charge in [-0.1, -0.05) is 6.07 Å². The second-order valence-corrected chi connectivity index (χ2v) is 6.99. The van der Waals surface area contributed by atoms with Gasteiger partial charge in [0.2, 0.25) is 5.91 Å². The minimum atomic E-state index is -0.576. The number of amides is 1. The Morgan fingerprint density at radius 1 is 1.14 bits per heavy atom. The number of ketones is 1. The Balaban J connectivity index is 2.26. The van der Waals surface area contributed by atoms with E-state index in [-0.39, 0.29) is 23.0 Å². The standard InChI is InChI=1S/C21H23NO6S/c1-6-28-21(25)18-12(2)19(13(3)23)29-20(18)22-17(24)10-8-14-7-9-15(26-4)16(11-14)27-5/h7-11H,6H2,1-5H3,(H,22,24). The van der Waals surface area contributed by atoms with E-state index < -0.39 is 11.9 Å². The summed E-state index contributed by atoms with van der Waals surface area (Å²) in [7, 11) is 3.07. The number of esters is 1. The number of nitrogens with one attached hydrogen (secondary N) is 1. The minimum Gasteiger partial charge on any atom is -0.493 e. The smallest absolute Gasteiger partial charge is 0.341 e. The van der Waals surface area contributed by atoms with Crippen molar-refractivity contribution in [2.45, 2.75) is 20.8 Å². The predicted molar refractivity (Wildman–Crippen MR) is 112 cm³/mol. The molecule has 0 unspecified atom stereocenters. The lowest BCUT2D eigenvalue weighted by Gasteiger charge is -2.07. The zero-order valence-electron chi connectivity index (χ0n) is 17.0. The first-order valence-corrected chi connectivity index (χ1v) is 9.66. The maximum Gasteiger partial charge on any atom is 0.341 e. The van der Waals surface area contributed by atoms with Gasteiger partial charge in [0.05, 0.1) is 31.3 Å². The lowest BCUT2D eigenvalue weighted by Crippen LogP contribution is -2.12. The van der Waals surface area contributed by atoms with E-state index in [9.17, 15) is 14.4 Å². The van der Waals surface area contributed by atoms with Crippen molar-refractivity contribution < 1.29 is 28.6 Å². The van der Waals surface area contributed by atoms with Crippen LogP contribution in [0.3, 0.4) is 0 Å². The van der Waals surface area contributed by atoms with Crippen LogP contribution < -0.4 is 14.8 Å². The molecule has 29 heavy (non-hydrogen) atoms. The number of hydrogen-bond donors (Lipinski definition) is 1. The number of anilines is 1. The van der Waals surface area contributed by atoms with Gasteiger partial charge in [0, 0.05) is 6.08 Å². The molecule has 0 aliphatic heterocycles. The number of methoxy groups -OCH3 is 2. The number of carbonyl (C=O) groups is 3. The molecule has 1 heterocycles. The maximum absolute atomic E-state index is 12.4. The average molecular weight is 417 g/mol. The van der Waals surface area contributed by atoms with Crippen LogP contribution >= 0.6 is 11.3 Å². The molecule has 0 saturated heterocycles. The third-order valence-corrected chi connectivity index (χ3v) is 5.33. The van der Waals surface area contributed by atoms with Gasteiger partial charge >= 0.3 is 5.97 Å². The summed E-state index contributed by atoms with van der Waals surface area (Å²) in [5.41, 5.74) is 1.44. The van der Waals surface area contributed by atoms with Crippen molar-refractivity contribution in [2.75, 3.05) is 26.1 Å². The first-order valence-electron chi connectivity index (χ1n) is 8.84. The number of benzene rings is 1. The third kappa shape index (κ3) is 5.23. The molecule has 0 atom stereocenters. The Hall–Kier alpha value is -3.13. The van der Waals surface area contributed by atoms with E-state index in [1.807, 2.05) is 0 Å². The van der Waals surface area contributed by atoms with Gasteiger partial charge in [0.25, 0.3) is 0 Å². The number of carbonyl (C=O) groups excluding carboxylic acids is 3. The van der Waals surface area contributed by atoms with Crippen molar-refractivity contribution in [1.82, 2.24) is 0 Å². The highest BCUT2D eigenvalue weighted by Gasteiger charge is 2.24. The molecule has 1 aromatic carbocycles. The number of Topliss-reactive ketones (excluding diaryl/α,β-unsaturated/α-hetero) is 1. The molecule has 154 valence electrons. The lowest BCUT2D eigenvalue weighted by atomic mass is 10.1. The van der Waals surface area contributed by atoms with Crippen LogP contribution in [0.15, 0.2) is 24.3 Å². The molecular formula is C21H23NO6S. The van der Waals surface area contributed by atoms with Crippen LogP contribution in [-0.2, 0) is 9.53 Å². The maximum atomic E-state index is 12.4. The van der Waals surface area contributed by atoms with Gasteiger partial charge in [-0.25, -0.2) is 4.79 Å². The van der Waals surface area contributed by atoms with Gasteiger partial charge in [-0.05, 0) is 50.1 Å². The van der Waals surface area contributed by atoms with E-state index >= 15 is 0 Å². The molecule has 0 saturated carbocycles. The Morgan fingerprint density at radius 3 is 2.41 bits per heavy atom. The Kier molecular flexibility index (Phi) is 7.55. The van der Waals surface area contributed by atoms with E-state index in [0.717, 1.165) is 16.9 Å². The van der Waals surface area contributed by atoms with Crippen molar-refractivity contribution in [1.29, 1.82) is 0 Å². The molecular weight excluding hydrogens is 394 g/mol. The van der Waals surface area contributed by atoms with Crippen LogP contribution in [0.5, 0.6) is 11.5 Å². The SMILES string of the molecule is CCOC(=O)c1c(NC(=O)C=Cc2ccc(OC)c(OC)c2)sc(C(C)=O)c1C. The first-order chi connectivity index (χ1) is 13.8. The summed E-state index contributed by atoms with van der Waals surface area (Å²) < 4.78 is 15.5. The molecule has 0 radical (unpaired) electrons. The van der Waals surface area contributed by atoms with Crippen LogP contribution in [0, 0.1) is 6.92 Å². The predicted octanol–water partition coefficient (Wildman–Crippen LogP) is 4.10. The molecule has 7 nitrogen and oxygen atoms in total. The fourth-order valence-corrected chi connectivity index (χ4v) is 3.76. The minimum absolute atomic E-state index is 0.181. The van der Waals surface area contributed by atoms with Crippen molar-refractivity contribution in [2.24, 2.45) is 0 Å². The van der Waals surface area contributed by atoms with Crippen molar-refractivity contribution >= 4 is 40.1 Å². The van der Waals surface area contributed by atoms with Crippen LogP contribution in [-0.4, -0.2) is 38.5 Å². The van der Waals surface area contributed by atoms with E-state index in [4.69, 9.17) is 14.2 Å². The molecule has 0 bridgehead atoms. The largest absolute Gasteiger partial charge is 0.493 e. The van der Waals surface area contributed by atoms with Gasteiger partial charge < -0.3 is 19.5 Å². The van der Waals surface area contributed by atoms with E-state index in [1.54, 1.807) is 45.2 Å². The molecule has 2 rings (SSSR count). The van der Waals surface area contributed by atoms with Crippen molar-refractivity contribution in [3.05, 3.63) is 45.8 Å². The van der Waals surface area contributed by atoms with Crippen molar-refractivity contribution in [3.63, 3.8) is 0 Å². The van der Waals surface area contributed by atoms with Gasteiger partial charge in [-0.2, -0.15) is 0 Å². The number of hydrogen-bond acceptors (Lipinski definition) is 7. The van der Waals surface area contributed by atoms with E-state index in [2.05, 4.69) is 5.32 Å². The molecule has 0 spiro atoms. The number of thiophene rings is 1. The second-order valence-electron chi connectivity index (χ2n) is 5.97. The summed E-state index contributed by atoms with van der Waals surface area (Å²) in [5, 5.41) is 2.96. The monoisotopic (exact) mass is 417 g/mol. The van der Waals surface area contributed by atoms with Crippen LogP contribution in [0.1, 0.15) is 45.0 Å². The van der Waals surface area contributed by atoms with Crippen LogP contribution in [0.25, 0.3) is 6.08 Å². The van der Waals surface area contributed by atoms with Crippen LogP contribution in [0.2, 0.25) is 0 Å². The molecule has 1 N–H and O–H groups in total. The highest BCUT2D eigenvalue weighted by Crippen LogP contribution is 2.34. The molecule has 0 fully saturated rings. The summed E-state index contributed by atoms with van der Waals surface area (Å²) in [4.78, 5) is 36.9. The van der Waals surface area contributed by atoms with Crippen LogP contribution in [0.4, 0.5) is 5.00 Å². The van der Waals surface area contributed by atoms with E-state index in [0.29, 0.717) is 21.9 Å². The second kappa shape index (κ2) is 9.88. The summed E-state index contributed by atoms with van der Waals surface area (Å²) in [6.45, 7) is 4.96. The summed E-state index contributed by atoms with van der Waals surface area (Å²) in [6, 6.07) is 5.24. The summed E-state index contributed by atoms with van der Waals surface area (Å²) >= 11 is 1.06. The Bertz CT molecular complexity index is 960. The third-order valence-electron chi connectivity index (χ3n) is 4.02. The Morgan fingerprint density at radius 2 is 1.83 bits per heavy atom. The van der Waals surface area contributed by atoms with Crippen molar-refractivity contribution in [3.8, 4) is 11.5 Å². The zero-order valence-corrected chi connectivity index (χ0v) is 17.8. The summed E-state index contributed by atoms with van der Waals surface area (Å²) in [5.74, 6) is -0.0762. The van der Waals surface area contributed by atoms with Gasteiger partial charge in [-0.3, -0.25) is 9.59 Å². The Labute approximate surface area is 173 Å². The topological polar surface area (TPSA) is 90.9 Å². The fraction of sp³-hybridized carbons (Fsp3) is 0.286.